The first-order valence-corrected chi connectivity index (χ1v) is 3.25. The Bertz CT molecular complexity index is 273. The van der Waals surface area contributed by atoms with Gasteiger partial charge < -0.3 is 10.4 Å². The van der Waals surface area contributed by atoms with Crippen molar-refractivity contribution in [3.8, 4) is 0 Å². The van der Waals surface area contributed by atoms with Crippen molar-refractivity contribution in [1.29, 1.82) is 0 Å². The van der Waals surface area contributed by atoms with Crippen LogP contribution in [0, 0.1) is 5.82 Å². The molecule has 4 nitrogen and oxygen atoms in total. The zero-order chi connectivity index (χ0) is 8.97. The number of nitrogens with zero attached hydrogens (tertiary/aromatic N) is 1. The van der Waals surface area contributed by atoms with Crippen molar-refractivity contribution in [2.24, 2.45) is 0 Å². The van der Waals surface area contributed by atoms with Crippen molar-refractivity contribution in [2.75, 3.05) is 0 Å². The van der Waals surface area contributed by atoms with Gasteiger partial charge in [0.05, 0.1) is 18.4 Å². The van der Waals surface area contributed by atoms with Crippen LogP contribution in [0.15, 0.2) is 18.3 Å². The van der Waals surface area contributed by atoms with Gasteiger partial charge in [0, 0.05) is 0 Å². The predicted octanol–water partition coefficient (Wildman–Crippen LogP) is 0.988. The standard InChI is InChI=1S/C7H7FN2O2/c8-5-1-2-6(9-3-5)4-10-7(11)12/h1-3,10H,4H2,(H,11,12). The summed E-state index contributed by atoms with van der Waals surface area (Å²) in [5.41, 5.74) is 0.485. The Morgan fingerprint density at radius 2 is 2.42 bits per heavy atom. The Hall–Kier alpha value is -1.65. The van der Waals surface area contributed by atoms with Gasteiger partial charge in [-0.1, -0.05) is 0 Å². The van der Waals surface area contributed by atoms with Crippen molar-refractivity contribution in [3.63, 3.8) is 0 Å². The molecule has 0 aromatic carbocycles. The van der Waals surface area contributed by atoms with E-state index in [0.717, 1.165) is 6.20 Å². The van der Waals surface area contributed by atoms with Crippen LogP contribution in [0.2, 0.25) is 0 Å². The van der Waals surface area contributed by atoms with E-state index in [2.05, 4.69) is 10.3 Å². The molecule has 1 amide bonds. The van der Waals surface area contributed by atoms with Gasteiger partial charge in [-0.2, -0.15) is 0 Å². The van der Waals surface area contributed by atoms with Crippen molar-refractivity contribution < 1.29 is 14.3 Å². The van der Waals surface area contributed by atoms with Crippen LogP contribution in [0.1, 0.15) is 5.69 Å². The topological polar surface area (TPSA) is 62.2 Å². The molecule has 0 radical (unpaired) electrons. The molecule has 0 unspecified atom stereocenters. The predicted molar refractivity (Wildman–Crippen MR) is 39.1 cm³/mol. The average molecular weight is 170 g/mol. The third-order valence-electron chi connectivity index (χ3n) is 1.21. The molecule has 0 saturated heterocycles. The Morgan fingerprint density at radius 3 is 2.92 bits per heavy atom. The molecule has 0 atom stereocenters. The lowest BCUT2D eigenvalue weighted by Gasteiger charge is -1.98. The number of carboxylic acid groups (broad SMARTS) is 1. The van der Waals surface area contributed by atoms with Crippen molar-refractivity contribution in [1.82, 2.24) is 10.3 Å². The van der Waals surface area contributed by atoms with Gasteiger partial charge in [-0.15, -0.1) is 0 Å². The fraction of sp³-hybridized carbons (Fsp3) is 0.143. The number of halogens is 1. The molecule has 0 saturated carbocycles. The van der Waals surface area contributed by atoms with Crippen LogP contribution in [0.5, 0.6) is 0 Å². The van der Waals surface area contributed by atoms with Crippen LogP contribution >= 0.6 is 0 Å². The maximum absolute atomic E-state index is 12.3. The average Bonchev–Trinajstić information content (AvgIpc) is 2.03. The minimum atomic E-state index is -1.12. The third-order valence-corrected chi connectivity index (χ3v) is 1.21. The molecular formula is C7H7FN2O2. The van der Waals surface area contributed by atoms with Gasteiger partial charge >= 0.3 is 6.09 Å². The van der Waals surface area contributed by atoms with Gasteiger partial charge in [0.15, 0.2) is 0 Å². The van der Waals surface area contributed by atoms with Crippen LogP contribution < -0.4 is 5.32 Å². The van der Waals surface area contributed by atoms with Gasteiger partial charge in [0.25, 0.3) is 0 Å². The second-order valence-electron chi connectivity index (χ2n) is 2.13. The number of hydrogen-bond acceptors (Lipinski definition) is 2. The Kier molecular flexibility index (Phi) is 2.57. The van der Waals surface area contributed by atoms with Crippen LogP contribution in [0.4, 0.5) is 9.18 Å². The van der Waals surface area contributed by atoms with E-state index in [-0.39, 0.29) is 6.54 Å². The van der Waals surface area contributed by atoms with E-state index in [4.69, 9.17) is 5.11 Å². The largest absolute Gasteiger partial charge is 0.465 e. The maximum atomic E-state index is 12.3. The number of pyridine rings is 1. The molecular weight excluding hydrogens is 163 g/mol. The number of carbonyl (C=O) groups is 1. The molecule has 2 N–H and O–H groups in total. The van der Waals surface area contributed by atoms with Crippen LogP contribution in [-0.4, -0.2) is 16.2 Å². The summed E-state index contributed by atoms with van der Waals surface area (Å²) in [6, 6.07) is 2.65. The van der Waals surface area contributed by atoms with Gasteiger partial charge in [0.2, 0.25) is 0 Å². The van der Waals surface area contributed by atoms with Crippen molar-refractivity contribution in [2.45, 2.75) is 6.54 Å². The molecule has 1 heterocycles. The second kappa shape index (κ2) is 3.66. The number of aromatic nitrogens is 1. The fourth-order valence-electron chi connectivity index (χ4n) is 0.677. The van der Waals surface area contributed by atoms with Gasteiger partial charge in [-0.25, -0.2) is 9.18 Å². The molecule has 0 bridgehead atoms. The zero-order valence-corrected chi connectivity index (χ0v) is 6.12. The Morgan fingerprint density at radius 1 is 1.67 bits per heavy atom. The second-order valence-corrected chi connectivity index (χ2v) is 2.13. The van der Waals surface area contributed by atoms with Gasteiger partial charge in [-0.05, 0) is 12.1 Å². The Balaban J connectivity index is 2.53. The summed E-state index contributed by atoms with van der Waals surface area (Å²) in [5.74, 6) is -0.436. The molecule has 0 fully saturated rings. The highest BCUT2D eigenvalue weighted by Crippen LogP contribution is 1.96. The van der Waals surface area contributed by atoms with Crippen LogP contribution in [0.25, 0.3) is 0 Å². The molecule has 1 aromatic heterocycles. The van der Waals surface area contributed by atoms with Crippen molar-refractivity contribution in [3.05, 3.63) is 29.8 Å². The van der Waals surface area contributed by atoms with Crippen LogP contribution in [-0.2, 0) is 6.54 Å². The summed E-state index contributed by atoms with van der Waals surface area (Å²) < 4.78 is 12.3. The summed E-state index contributed by atoms with van der Waals surface area (Å²) >= 11 is 0. The first kappa shape index (κ1) is 8.45. The summed E-state index contributed by atoms with van der Waals surface area (Å²) in [7, 11) is 0. The lowest BCUT2D eigenvalue weighted by molar-refractivity contribution is 0.194. The molecule has 64 valence electrons. The summed E-state index contributed by atoms with van der Waals surface area (Å²) in [6.07, 6.45) is -0.0834. The van der Waals surface area contributed by atoms with E-state index in [1.54, 1.807) is 0 Å². The van der Waals surface area contributed by atoms with E-state index in [1.807, 2.05) is 0 Å². The smallest absolute Gasteiger partial charge is 0.404 e. The number of hydrogen-bond donors (Lipinski definition) is 2. The minimum absolute atomic E-state index is 0.0929. The number of nitrogens with one attached hydrogen (secondary N) is 1. The lowest BCUT2D eigenvalue weighted by atomic mass is 10.3. The number of amides is 1. The third kappa shape index (κ3) is 2.53. The van der Waals surface area contributed by atoms with E-state index < -0.39 is 11.9 Å². The van der Waals surface area contributed by atoms with E-state index >= 15 is 0 Å². The molecule has 0 aliphatic carbocycles. The van der Waals surface area contributed by atoms with Gasteiger partial charge in [0.1, 0.15) is 5.82 Å². The van der Waals surface area contributed by atoms with E-state index in [0.29, 0.717) is 5.69 Å². The molecule has 12 heavy (non-hydrogen) atoms. The SMILES string of the molecule is O=C(O)NCc1ccc(F)cn1. The highest BCUT2D eigenvalue weighted by Gasteiger charge is 1.97. The van der Waals surface area contributed by atoms with Gasteiger partial charge in [-0.3, -0.25) is 4.98 Å². The van der Waals surface area contributed by atoms with Crippen molar-refractivity contribution >= 4 is 6.09 Å². The molecule has 5 heteroatoms. The lowest BCUT2D eigenvalue weighted by Crippen LogP contribution is -2.20. The number of rotatable bonds is 2. The summed E-state index contributed by atoms with van der Waals surface area (Å²) in [5, 5.41) is 10.3. The first-order chi connectivity index (χ1) is 5.68. The molecule has 0 aliphatic rings. The molecule has 0 spiro atoms. The monoisotopic (exact) mass is 170 g/mol. The molecule has 1 aromatic rings. The quantitative estimate of drug-likeness (QED) is 0.695. The molecule has 0 aliphatic heterocycles. The fourth-order valence-corrected chi connectivity index (χ4v) is 0.677. The zero-order valence-electron chi connectivity index (χ0n) is 6.12. The molecule has 1 rings (SSSR count). The minimum Gasteiger partial charge on any atom is -0.465 e. The van der Waals surface area contributed by atoms with E-state index in [9.17, 15) is 9.18 Å². The summed E-state index contributed by atoms with van der Waals surface area (Å²) in [4.78, 5) is 13.7. The highest BCUT2D eigenvalue weighted by molar-refractivity contribution is 5.64. The normalized spacial score (nSPS) is 9.42. The summed E-state index contributed by atoms with van der Waals surface area (Å²) in [6.45, 7) is 0.0929. The Labute approximate surface area is 68.1 Å². The first-order valence-electron chi connectivity index (χ1n) is 3.25. The van der Waals surface area contributed by atoms with Crippen LogP contribution in [0.3, 0.4) is 0 Å². The highest BCUT2D eigenvalue weighted by atomic mass is 19.1. The van der Waals surface area contributed by atoms with E-state index in [1.165, 1.54) is 12.1 Å². The maximum Gasteiger partial charge on any atom is 0.404 e.